The maximum atomic E-state index is 12.8. The summed E-state index contributed by atoms with van der Waals surface area (Å²) in [5, 5.41) is 24.6. The fourth-order valence-electron chi connectivity index (χ4n) is 5.91. The summed E-state index contributed by atoms with van der Waals surface area (Å²) in [6.07, 6.45) is 27.2. The van der Waals surface area contributed by atoms with Gasteiger partial charge in [-0.1, -0.05) is 162 Å². The third-order valence-corrected chi connectivity index (χ3v) is 10.2. The zero-order chi connectivity index (χ0) is 35.9. The Morgan fingerprint density at radius 1 is 0.646 bits per heavy atom. The summed E-state index contributed by atoms with van der Waals surface area (Å²) >= 11 is 0. The van der Waals surface area contributed by atoms with Gasteiger partial charge >= 0.3 is 7.82 Å². The Balaban J connectivity index is 4.58. The SMILES string of the molecule is CCCCCCCCCCCCCCC(=O)NC(COP(=O)(O)OCC[N+](C)(C)C)C(O)C(O)CCCCCCCCCCCCCC. The minimum Gasteiger partial charge on any atom is -0.390 e. The number of aliphatic hydroxyl groups is 2. The Labute approximate surface area is 296 Å². The summed E-state index contributed by atoms with van der Waals surface area (Å²) in [7, 11) is 1.44. The molecule has 0 aromatic carbocycles. The van der Waals surface area contributed by atoms with Crippen LogP contribution in [-0.2, 0) is 18.4 Å². The van der Waals surface area contributed by atoms with E-state index in [9.17, 15) is 24.5 Å². The van der Waals surface area contributed by atoms with E-state index in [0.717, 1.165) is 38.5 Å². The third kappa shape index (κ3) is 31.4. The summed E-state index contributed by atoms with van der Waals surface area (Å²) in [5.74, 6) is -0.258. The first-order valence-corrected chi connectivity index (χ1v) is 21.5. The smallest absolute Gasteiger partial charge is 0.390 e. The van der Waals surface area contributed by atoms with E-state index < -0.39 is 32.7 Å². The molecule has 4 unspecified atom stereocenters. The van der Waals surface area contributed by atoms with Gasteiger partial charge in [-0.15, -0.1) is 0 Å². The van der Waals surface area contributed by atoms with Crippen molar-refractivity contribution in [1.29, 1.82) is 0 Å². The van der Waals surface area contributed by atoms with Gasteiger partial charge in [0.25, 0.3) is 0 Å². The van der Waals surface area contributed by atoms with E-state index >= 15 is 0 Å². The van der Waals surface area contributed by atoms with Crippen molar-refractivity contribution in [3.8, 4) is 0 Å². The number of carbonyl (C=O) groups excluding carboxylic acids is 1. The van der Waals surface area contributed by atoms with Gasteiger partial charge in [-0.2, -0.15) is 0 Å². The highest BCUT2D eigenvalue weighted by Crippen LogP contribution is 2.43. The van der Waals surface area contributed by atoms with E-state index in [1.165, 1.54) is 116 Å². The number of hydrogen-bond donors (Lipinski definition) is 4. The predicted molar refractivity (Wildman–Crippen MR) is 200 cm³/mol. The van der Waals surface area contributed by atoms with Crippen molar-refractivity contribution in [2.75, 3.05) is 40.9 Å². The first kappa shape index (κ1) is 47.5. The van der Waals surface area contributed by atoms with Gasteiger partial charge in [0.2, 0.25) is 5.91 Å². The lowest BCUT2D eigenvalue weighted by Crippen LogP contribution is -2.51. The van der Waals surface area contributed by atoms with E-state index in [0.29, 0.717) is 23.9 Å². The van der Waals surface area contributed by atoms with Crippen LogP contribution >= 0.6 is 7.82 Å². The molecular weight excluding hydrogens is 627 g/mol. The number of hydrogen-bond acceptors (Lipinski definition) is 6. The lowest BCUT2D eigenvalue weighted by atomic mass is 9.99. The molecule has 1 amide bonds. The molecule has 0 spiro atoms. The highest BCUT2D eigenvalue weighted by molar-refractivity contribution is 7.47. The summed E-state index contributed by atoms with van der Waals surface area (Å²) in [5.41, 5.74) is 0. The van der Waals surface area contributed by atoms with Gasteiger partial charge in [-0.3, -0.25) is 13.8 Å². The van der Waals surface area contributed by atoms with Crippen LogP contribution in [0.2, 0.25) is 0 Å². The van der Waals surface area contributed by atoms with Gasteiger partial charge in [0, 0.05) is 6.42 Å². The topological polar surface area (TPSA) is 125 Å². The van der Waals surface area contributed by atoms with E-state index in [1.54, 1.807) is 0 Å². The fourth-order valence-corrected chi connectivity index (χ4v) is 6.64. The van der Waals surface area contributed by atoms with Gasteiger partial charge < -0.3 is 24.9 Å². The lowest BCUT2D eigenvalue weighted by molar-refractivity contribution is -0.870. The largest absolute Gasteiger partial charge is 0.472 e. The highest BCUT2D eigenvalue weighted by Gasteiger charge is 2.31. The molecule has 48 heavy (non-hydrogen) atoms. The normalized spacial score (nSPS) is 15.2. The van der Waals surface area contributed by atoms with E-state index in [1.807, 2.05) is 21.1 Å². The molecular formula is C38H80N2O7P+. The molecule has 288 valence electrons. The zero-order valence-corrected chi connectivity index (χ0v) is 33.0. The standard InChI is InChI=1S/C38H79N2O7P/c1-6-8-10-12-14-16-18-20-22-24-26-28-30-36(41)38(43)35(34-47-48(44,45)46-33-32-40(3,4)5)39-37(42)31-29-27-25-23-21-19-17-15-13-11-9-7-2/h35-36,38,41,43H,6-34H2,1-5H3,(H-,39,42,44,45)/p+1. The van der Waals surface area contributed by atoms with Crippen LogP contribution in [0.1, 0.15) is 181 Å². The second kappa shape index (κ2) is 31.2. The number of rotatable bonds is 36. The molecule has 4 atom stereocenters. The van der Waals surface area contributed by atoms with Crippen LogP contribution in [0.3, 0.4) is 0 Å². The van der Waals surface area contributed by atoms with Crippen LogP contribution < -0.4 is 5.32 Å². The number of aliphatic hydroxyl groups excluding tert-OH is 2. The van der Waals surface area contributed by atoms with Crippen molar-refractivity contribution in [3.05, 3.63) is 0 Å². The first-order valence-electron chi connectivity index (χ1n) is 20.0. The molecule has 0 heterocycles. The predicted octanol–water partition coefficient (Wildman–Crippen LogP) is 9.22. The number of likely N-dealkylation sites (N-methyl/N-ethyl adjacent to an activating group) is 1. The number of nitrogens with one attached hydrogen (secondary N) is 1. The van der Waals surface area contributed by atoms with E-state index in [2.05, 4.69) is 19.2 Å². The second-order valence-corrected chi connectivity index (χ2v) is 16.6. The second-order valence-electron chi connectivity index (χ2n) is 15.2. The quantitative estimate of drug-likeness (QED) is 0.0291. The minimum absolute atomic E-state index is 0.0252. The molecule has 0 aliphatic rings. The molecule has 0 aliphatic heterocycles. The summed E-state index contributed by atoms with van der Waals surface area (Å²) < 4.78 is 23.4. The van der Waals surface area contributed by atoms with Gasteiger partial charge in [0.15, 0.2) is 0 Å². The Bertz CT molecular complexity index is 781. The molecule has 0 rings (SSSR count). The van der Waals surface area contributed by atoms with Gasteiger partial charge in [-0.05, 0) is 12.8 Å². The molecule has 0 saturated carbocycles. The summed E-state index contributed by atoms with van der Waals surface area (Å²) in [6.45, 7) is 4.59. The van der Waals surface area contributed by atoms with Crippen LogP contribution in [0, 0.1) is 0 Å². The molecule has 0 aliphatic carbocycles. The monoisotopic (exact) mass is 708 g/mol. The number of nitrogens with zero attached hydrogens (tertiary/aromatic N) is 1. The fraction of sp³-hybridized carbons (Fsp3) is 0.974. The van der Waals surface area contributed by atoms with Gasteiger partial charge in [0.1, 0.15) is 19.3 Å². The average Bonchev–Trinajstić information content (AvgIpc) is 3.02. The number of unbranched alkanes of at least 4 members (excludes halogenated alkanes) is 22. The Kier molecular flexibility index (Phi) is 30.9. The first-order chi connectivity index (χ1) is 22.9. The Hall–Kier alpha value is -0.540. The maximum absolute atomic E-state index is 12.8. The molecule has 9 nitrogen and oxygen atoms in total. The Morgan fingerprint density at radius 2 is 1.04 bits per heavy atom. The molecule has 0 saturated heterocycles. The molecule has 4 N–H and O–H groups in total. The molecule has 0 bridgehead atoms. The minimum atomic E-state index is -4.40. The third-order valence-electron chi connectivity index (χ3n) is 9.20. The van der Waals surface area contributed by atoms with Crippen molar-refractivity contribution in [1.82, 2.24) is 5.32 Å². The number of amides is 1. The summed E-state index contributed by atoms with van der Waals surface area (Å²) in [4.78, 5) is 23.0. The molecule has 0 radical (unpaired) electrons. The van der Waals surface area contributed by atoms with Crippen molar-refractivity contribution >= 4 is 13.7 Å². The van der Waals surface area contributed by atoms with Crippen molar-refractivity contribution < 1.29 is 38.0 Å². The van der Waals surface area contributed by atoms with E-state index in [4.69, 9.17) is 9.05 Å². The maximum Gasteiger partial charge on any atom is 0.472 e. The number of quaternary nitrogens is 1. The summed E-state index contributed by atoms with van der Waals surface area (Å²) in [6, 6.07) is -1.02. The van der Waals surface area contributed by atoms with Crippen molar-refractivity contribution in [2.24, 2.45) is 0 Å². The Morgan fingerprint density at radius 3 is 1.46 bits per heavy atom. The van der Waals surface area contributed by atoms with Gasteiger partial charge in [-0.25, -0.2) is 4.57 Å². The lowest BCUT2D eigenvalue weighted by Gasteiger charge is -2.28. The van der Waals surface area contributed by atoms with Crippen LogP contribution in [0.4, 0.5) is 0 Å². The van der Waals surface area contributed by atoms with Crippen LogP contribution in [-0.4, -0.2) is 84.6 Å². The van der Waals surface area contributed by atoms with Crippen molar-refractivity contribution in [3.63, 3.8) is 0 Å². The molecule has 10 heteroatoms. The number of phosphoric ester groups is 1. The number of carbonyl (C=O) groups is 1. The molecule has 0 aromatic rings. The molecule has 0 aromatic heterocycles. The zero-order valence-electron chi connectivity index (χ0n) is 32.1. The van der Waals surface area contributed by atoms with Crippen LogP contribution in [0.25, 0.3) is 0 Å². The molecule has 0 fully saturated rings. The average molecular weight is 708 g/mol. The van der Waals surface area contributed by atoms with Gasteiger partial charge in [0.05, 0.1) is 39.9 Å². The van der Waals surface area contributed by atoms with Crippen molar-refractivity contribution in [2.45, 2.75) is 199 Å². The van der Waals surface area contributed by atoms with Crippen LogP contribution in [0.15, 0.2) is 0 Å². The van der Waals surface area contributed by atoms with Crippen LogP contribution in [0.5, 0.6) is 0 Å². The number of phosphoric acid groups is 1. The van der Waals surface area contributed by atoms with E-state index in [-0.39, 0.29) is 12.5 Å². The highest BCUT2D eigenvalue weighted by atomic mass is 31.2.